The number of hydrogen-bond donors (Lipinski definition) is 1. The SMILES string of the molecule is Cc1cccc2cc(CCC(=O)N3CCc4ccccc4C3)c(=O)[nH]c12. The van der Waals surface area contributed by atoms with Crippen LogP contribution < -0.4 is 5.56 Å². The van der Waals surface area contributed by atoms with Crippen molar-refractivity contribution in [2.45, 2.75) is 32.7 Å². The van der Waals surface area contributed by atoms with Gasteiger partial charge in [0.1, 0.15) is 0 Å². The third-order valence-electron chi connectivity index (χ3n) is 5.26. The van der Waals surface area contributed by atoms with Gasteiger partial charge in [-0.3, -0.25) is 9.59 Å². The standard InChI is InChI=1S/C22H22N2O2/c1-15-5-4-8-17-13-18(22(26)23-21(15)17)9-10-20(25)24-12-11-16-6-2-3-7-19(16)14-24/h2-8,13H,9-12,14H2,1H3,(H,23,26). The Morgan fingerprint density at radius 1 is 1.12 bits per heavy atom. The van der Waals surface area contributed by atoms with Gasteiger partial charge in [-0.2, -0.15) is 0 Å². The molecule has 0 saturated heterocycles. The van der Waals surface area contributed by atoms with E-state index in [1.807, 2.05) is 48.2 Å². The van der Waals surface area contributed by atoms with Crippen LogP contribution in [0.25, 0.3) is 10.9 Å². The van der Waals surface area contributed by atoms with Gasteiger partial charge in [-0.25, -0.2) is 0 Å². The van der Waals surface area contributed by atoms with Gasteiger partial charge in [-0.1, -0.05) is 42.5 Å². The average molecular weight is 346 g/mol. The zero-order valence-corrected chi connectivity index (χ0v) is 14.9. The van der Waals surface area contributed by atoms with E-state index in [1.165, 1.54) is 11.1 Å². The summed E-state index contributed by atoms with van der Waals surface area (Å²) in [5, 5.41) is 1.01. The highest BCUT2D eigenvalue weighted by molar-refractivity contribution is 5.82. The van der Waals surface area contributed by atoms with Gasteiger partial charge in [0, 0.05) is 25.1 Å². The van der Waals surface area contributed by atoms with Gasteiger partial charge in [0.05, 0.1) is 5.52 Å². The normalized spacial score (nSPS) is 13.7. The van der Waals surface area contributed by atoms with Gasteiger partial charge in [-0.05, 0) is 47.9 Å². The molecule has 4 rings (SSSR count). The van der Waals surface area contributed by atoms with Crippen molar-refractivity contribution in [3.63, 3.8) is 0 Å². The van der Waals surface area contributed by atoms with E-state index in [0.29, 0.717) is 24.9 Å². The van der Waals surface area contributed by atoms with Crippen LogP contribution in [0.1, 0.15) is 28.7 Å². The van der Waals surface area contributed by atoms with Gasteiger partial charge < -0.3 is 9.88 Å². The van der Waals surface area contributed by atoms with Gasteiger partial charge in [-0.15, -0.1) is 0 Å². The van der Waals surface area contributed by atoms with Crippen molar-refractivity contribution < 1.29 is 4.79 Å². The maximum absolute atomic E-state index is 12.6. The predicted molar refractivity (Wildman–Crippen MR) is 103 cm³/mol. The van der Waals surface area contributed by atoms with Crippen molar-refractivity contribution in [2.24, 2.45) is 0 Å². The first kappa shape index (κ1) is 16.6. The van der Waals surface area contributed by atoms with Crippen molar-refractivity contribution in [1.29, 1.82) is 0 Å². The number of nitrogens with zero attached hydrogens (tertiary/aromatic N) is 1. The van der Waals surface area contributed by atoms with Crippen molar-refractivity contribution in [2.75, 3.05) is 6.54 Å². The van der Waals surface area contributed by atoms with E-state index >= 15 is 0 Å². The number of benzene rings is 2. The molecule has 0 atom stereocenters. The molecular formula is C22H22N2O2. The van der Waals surface area contributed by atoms with E-state index in [9.17, 15) is 9.59 Å². The number of carbonyl (C=O) groups is 1. The van der Waals surface area contributed by atoms with Gasteiger partial charge >= 0.3 is 0 Å². The minimum atomic E-state index is -0.0939. The molecule has 0 aliphatic carbocycles. The van der Waals surface area contributed by atoms with E-state index in [2.05, 4.69) is 17.1 Å². The summed E-state index contributed by atoms with van der Waals surface area (Å²) >= 11 is 0. The first-order chi connectivity index (χ1) is 12.6. The van der Waals surface area contributed by atoms with E-state index in [1.54, 1.807) is 0 Å². The van der Waals surface area contributed by atoms with Crippen molar-refractivity contribution >= 4 is 16.8 Å². The molecule has 1 aromatic heterocycles. The fraction of sp³-hybridized carbons (Fsp3) is 0.273. The topological polar surface area (TPSA) is 53.2 Å². The average Bonchev–Trinajstić information content (AvgIpc) is 2.66. The third-order valence-corrected chi connectivity index (χ3v) is 5.26. The van der Waals surface area contributed by atoms with Crippen molar-refractivity contribution in [3.05, 3.63) is 81.1 Å². The Morgan fingerprint density at radius 2 is 1.92 bits per heavy atom. The highest BCUT2D eigenvalue weighted by Gasteiger charge is 2.20. The number of pyridine rings is 1. The predicted octanol–water partition coefficient (Wildman–Crippen LogP) is 3.35. The van der Waals surface area contributed by atoms with Gasteiger partial charge in [0.25, 0.3) is 5.56 Å². The molecule has 0 fully saturated rings. The lowest BCUT2D eigenvalue weighted by Crippen LogP contribution is -2.36. The Labute approximate surface area is 152 Å². The lowest BCUT2D eigenvalue weighted by atomic mass is 9.99. The van der Waals surface area contributed by atoms with E-state index in [4.69, 9.17) is 0 Å². The van der Waals surface area contributed by atoms with Crippen LogP contribution in [0.2, 0.25) is 0 Å². The lowest BCUT2D eigenvalue weighted by molar-refractivity contribution is -0.132. The lowest BCUT2D eigenvalue weighted by Gasteiger charge is -2.29. The molecule has 4 nitrogen and oxygen atoms in total. The highest BCUT2D eigenvalue weighted by Crippen LogP contribution is 2.20. The smallest absolute Gasteiger partial charge is 0.251 e. The van der Waals surface area contributed by atoms with Crippen LogP contribution in [0, 0.1) is 6.92 Å². The molecule has 0 unspecified atom stereocenters. The van der Waals surface area contributed by atoms with Gasteiger partial charge in [0.15, 0.2) is 0 Å². The molecule has 0 spiro atoms. The molecule has 132 valence electrons. The van der Waals surface area contributed by atoms with Crippen LogP contribution in [-0.2, 0) is 24.2 Å². The maximum Gasteiger partial charge on any atom is 0.251 e. The minimum absolute atomic E-state index is 0.0939. The highest BCUT2D eigenvalue weighted by atomic mass is 16.2. The number of aromatic amines is 1. The summed E-state index contributed by atoms with van der Waals surface area (Å²) in [5.74, 6) is 0.114. The molecule has 4 heteroatoms. The molecule has 2 heterocycles. The Balaban J connectivity index is 1.48. The molecule has 0 radical (unpaired) electrons. The molecule has 3 aromatic rings. The zero-order valence-electron chi connectivity index (χ0n) is 14.9. The Hall–Kier alpha value is -2.88. The van der Waals surface area contributed by atoms with E-state index in [-0.39, 0.29) is 11.5 Å². The Bertz CT molecular complexity index is 1040. The summed E-state index contributed by atoms with van der Waals surface area (Å²) in [7, 11) is 0. The maximum atomic E-state index is 12.6. The van der Waals surface area contributed by atoms with Gasteiger partial charge in [0.2, 0.25) is 5.91 Å². The molecule has 0 saturated carbocycles. The van der Waals surface area contributed by atoms with Crippen LogP contribution in [0.4, 0.5) is 0 Å². The second-order valence-electron chi connectivity index (χ2n) is 7.00. The Morgan fingerprint density at radius 3 is 2.77 bits per heavy atom. The molecule has 1 amide bonds. The summed E-state index contributed by atoms with van der Waals surface area (Å²) in [4.78, 5) is 29.8. The molecule has 0 bridgehead atoms. The second-order valence-corrected chi connectivity index (χ2v) is 7.00. The summed E-state index contributed by atoms with van der Waals surface area (Å²) in [6.07, 6.45) is 1.73. The van der Waals surface area contributed by atoms with E-state index < -0.39 is 0 Å². The number of nitrogens with one attached hydrogen (secondary N) is 1. The third kappa shape index (κ3) is 3.15. The molecule has 26 heavy (non-hydrogen) atoms. The summed E-state index contributed by atoms with van der Waals surface area (Å²) < 4.78 is 0. The Kier molecular flexibility index (Phi) is 4.33. The van der Waals surface area contributed by atoms with Crippen LogP contribution >= 0.6 is 0 Å². The largest absolute Gasteiger partial charge is 0.338 e. The molecular weight excluding hydrogens is 324 g/mol. The number of hydrogen-bond acceptors (Lipinski definition) is 2. The molecule has 1 N–H and O–H groups in total. The summed E-state index contributed by atoms with van der Waals surface area (Å²) in [6.45, 7) is 3.40. The number of amides is 1. The number of aryl methyl sites for hydroxylation is 2. The fourth-order valence-electron chi connectivity index (χ4n) is 3.72. The van der Waals surface area contributed by atoms with E-state index in [0.717, 1.165) is 29.4 Å². The summed E-state index contributed by atoms with van der Waals surface area (Å²) in [5.41, 5.74) is 5.07. The number of para-hydroxylation sites is 1. The number of carbonyl (C=O) groups excluding carboxylic acids is 1. The van der Waals surface area contributed by atoms with Crippen LogP contribution in [0.15, 0.2) is 53.3 Å². The number of H-pyrrole nitrogens is 1. The zero-order chi connectivity index (χ0) is 18.1. The first-order valence-electron chi connectivity index (χ1n) is 9.08. The molecule has 1 aliphatic heterocycles. The van der Waals surface area contributed by atoms with Crippen LogP contribution in [-0.4, -0.2) is 22.3 Å². The van der Waals surface area contributed by atoms with Crippen LogP contribution in [0.3, 0.4) is 0 Å². The number of fused-ring (bicyclic) bond motifs is 2. The monoisotopic (exact) mass is 346 g/mol. The first-order valence-corrected chi connectivity index (χ1v) is 9.08. The molecule has 2 aromatic carbocycles. The molecule has 1 aliphatic rings. The summed E-state index contributed by atoms with van der Waals surface area (Å²) in [6, 6.07) is 16.2. The fourth-order valence-corrected chi connectivity index (χ4v) is 3.72. The quantitative estimate of drug-likeness (QED) is 0.791. The van der Waals surface area contributed by atoms with Crippen molar-refractivity contribution in [3.8, 4) is 0 Å². The number of rotatable bonds is 3. The second kappa shape index (κ2) is 6.79. The van der Waals surface area contributed by atoms with Crippen LogP contribution in [0.5, 0.6) is 0 Å². The number of aromatic nitrogens is 1. The van der Waals surface area contributed by atoms with Crippen molar-refractivity contribution in [1.82, 2.24) is 9.88 Å². The minimum Gasteiger partial charge on any atom is -0.338 e.